The number of ether oxygens (including phenoxy) is 1. The van der Waals surface area contributed by atoms with Crippen LogP contribution in [0, 0.1) is 5.41 Å². The number of sulfone groups is 1. The molecule has 0 aliphatic rings. The van der Waals surface area contributed by atoms with Crippen LogP contribution in [0.25, 0.3) is 0 Å². The first-order chi connectivity index (χ1) is 9.36. The number of nitrogens with zero attached hydrogens (tertiary/aromatic N) is 1. The predicted molar refractivity (Wildman–Crippen MR) is 74.9 cm³/mol. The number of aromatic nitrogens is 1. The first kappa shape index (κ1) is 14.0. The number of nitrogen functional groups attached to an aromatic ring is 1. The van der Waals surface area contributed by atoms with Gasteiger partial charge in [0.05, 0.1) is 4.90 Å². The van der Waals surface area contributed by atoms with Gasteiger partial charge in [-0.15, -0.1) is 0 Å². The molecule has 0 spiro atoms. The number of nitrogens with two attached hydrogens (primary N) is 1. The van der Waals surface area contributed by atoms with Crippen molar-refractivity contribution in [3.63, 3.8) is 0 Å². The second-order valence-electron chi connectivity index (χ2n) is 4.15. The average molecular weight is 291 g/mol. The quantitative estimate of drug-likeness (QED) is 0.656. The average Bonchev–Trinajstić information content (AvgIpc) is 2.38. The van der Waals surface area contributed by atoms with Crippen molar-refractivity contribution in [2.45, 2.75) is 4.90 Å². The van der Waals surface area contributed by atoms with E-state index < -0.39 is 9.84 Å². The van der Waals surface area contributed by atoms with Gasteiger partial charge in [-0.3, -0.25) is 5.41 Å². The molecule has 2 aromatic rings. The monoisotopic (exact) mass is 291 g/mol. The molecule has 0 fully saturated rings. The van der Waals surface area contributed by atoms with Crippen molar-refractivity contribution in [2.75, 3.05) is 6.26 Å². The van der Waals surface area contributed by atoms with Crippen molar-refractivity contribution < 1.29 is 13.2 Å². The Hall–Kier alpha value is -2.41. The molecule has 6 nitrogen and oxygen atoms in total. The van der Waals surface area contributed by atoms with E-state index in [0.29, 0.717) is 11.3 Å². The normalized spacial score (nSPS) is 11.1. The van der Waals surface area contributed by atoms with Crippen molar-refractivity contribution in [1.29, 1.82) is 5.41 Å². The van der Waals surface area contributed by atoms with Gasteiger partial charge in [0.15, 0.2) is 9.84 Å². The molecule has 3 N–H and O–H groups in total. The minimum Gasteiger partial charge on any atom is -0.439 e. The molecule has 0 saturated carbocycles. The van der Waals surface area contributed by atoms with E-state index in [1.807, 2.05) is 0 Å². The smallest absolute Gasteiger partial charge is 0.219 e. The summed E-state index contributed by atoms with van der Waals surface area (Å²) in [6, 6.07) is 9.20. The van der Waals surface area contributed by atoms with Crippen LogP contribution in [0.2, 0.25) is 0 Å². The van der Waals surface area contributed by atoms with Crippen molar-refractivity contribution >= 4 is 15.7 Å². The summed E-state index contributed by atoms with van der Waals surface area (Å²) in [5, 5.41) is 7.34. The van der Waals surface area contributed by atoms with Crippen LogP contribution in [0.1, 0.15) is 5.56 Å². The van der Waals surface area contributed by atoms with Crippen molar-refractivity contribution in [1.82, 2.24) is 4.98 Å². The van der Waals surface area contributed by atoms with E-state index in [2.05, 4.69) is 4.98 Å². The minimum absolute atomic E-state index is 0.0952. The van der Waals surface area contributed by atoms with Crippen LogP contribution < -0.4 is 10.5 Å². The maximum Gasteiger partial charge on any atom is 0.219 e. The number of rotatable bonds is 4. The highest BCUT2D eigenvalue weighted by atomic mass is 32.2. The molecule has 0 bridgehead atoms. The van der Waals surface area contributed by atoms with Crippen LogP contribution in [0.4, 0.5) is 0 Å². The molecule has 104 valence electrons. The fourth-order valence-corrected chi connectivity index (χ4v) is 2.18. The molecule has 1 aromatic carbocycles. The fourth-order valence-electron chi connectivity index (χ4n) is 1.52. The van der Waals surface area contributed by atoms with Gasteiger partial charge < -0.3 is 10.5 Å². The summed E-state index contributed by atoms with van der Waals surface area (Å²) in [6.45, 7) is 0. The second-order valence-corrected chi connectivity index (χ2v) is 6.16. The van der Waals surface area contributed by atoms with Crippen molar-refractivity contribution in [2.24, 2.45) is 5.73 Å². The van der Waals surface area contributed by atoms with E-state index in [1.54, 1.807) is 18.2 Å². The number of hydrogen-bond acceptors (Lipinski definition) is 5. The zero-order chi connectivity index (χ0) is 14.8. The van der Waals surface area contributed by atoms with E-state index in [1.165, 1.54) is 24.4 Å². The first-order valence-electron chi connectivity index (χ1n) is 5.65. The summed E-state index contributed by atoms with van der Waals surface area (Å²) in [6.07, 6.45) is 2.59. The van der Waals surface area contributed by atoms with Crippen LogP contribution in [-0.2, 0) is 9.84 Å². The highest BCUT2D eigenvalue weighted by molar-refractivity contribution is 7.90. The Labute approximate surface area is 116 Å². The molecule has 1 aromatic heterocycles. The molecule has 0 atom stereocenters. The lowest BCUT2D eigenvalue weighted by Gasteiger charge is -2.07. The van der Waals surface area contributed by atoms with Gasteiger partial charge in [0.1, 0.15) is 11.6 Å². The summed E-state index contributed by atoms with van der Waals surface area (Å²) < 4.78 is 28.4. The first-order valence-corrected chi connectivity index (χ1v) is 7.54. The van der Waals surface area contributed by atoms with Crippen LogP contribution in [0.5, 0.6) is 11.6 Å². The number of amidine groups is 1. The Bertz CT molecular complexity index is 757. The highest BCUT2D eigenvalue weighted by Gasteiger charge is 2.09. The standard InChI is InChI=1S/C13H13N3O3S/c1-20(17,18)11-4-2-3-10(8-11)19-12-7-9(13(14)15)5-6-16-12/h2-8H,1H3,(H3,14,15). The lowest BCUT2D eigenvalue weighted by Crippen LogP contribution is -2.11. The molecule has 0 amide bonds. The van der Waals surface area contributed by atoms with Crippen molar-refractivity contribution in [3.05, 3.63) is 48.2 Å². The Kier molecular flexibility index (Phi) is 3.71. The maximum absolute atomic E-state index is 11.5. The van der Waals surface area contributed by atoms with E-state index >= 15 is 0 Å². The van der Waals surface area contributed by atoms with Crippen LogP contribution >= 0.6 is 0 Å². The SMILES string of the molecule is CS(=O)(=O)c1cccc(Oc2cc(C(=N)N)ccn2)c1. The summed E-state index contributed by atoms with van der Waals surface area (Å²) in [5.74, 6) is 0.492. The van der Waals surface area contributed by atoms with Crippen LogP contribution in [0.3, 0.4) is 0 Å². The van der Waals surface area contributed by atoms with Gasteiger partial charge in [0.2, 0.25) is 5.88 Å². The van der Waals surface area contributed by atoms with Gasteiger partial charge in [-0.25, -0.2) is 13.4 Å². The predicted octanol–water partition coefficient (Wildman–Crippen LogP) is 1.56. The molecule has 7 heteroatoms. The van der Waals surface area contributed by atoms with E-state index in [9.17, 15) is 8.42 Å². The molecule has 0 saturated heterocycles. The molecule has 0 aliphatic heterocycles. The summed E-state index contributed by atoms with van der Waals surface area (Å²) >= 11 is 0. The summed E-state index contributed by atoms with van der Waals surface area (Å²) in [4.78, 5) is 4.15. The Balaban J connectivity index is 2.31. The zero-order valence-corrected chi connectivity index (χ0v) is 11.5. The molecule has 2 rings (SSSR count). The van der Waals surface area contributed by atoms with Gasteiger partial charge in [0, 0.05) is 24.1 Å². The number of nitrogens with one attached hydrogen (secondary N) is 1. The lowest BCUT2D eigenvalue weighted by atomic mass is 10.2. The number of pyridine rings is 1. The molecule has 1 heterocycles. The molecule has 0 aliphatic carbocycles. The minimum atomic E-state index is -3.29. The van der Waals surface area contributed by atoms with Crippen LogP contribution in [-0.4, -0.2) is 25.5 Å². The van der Waals surface area contributed by atoms with Gasteiger partial charge in [-0.1, -0.05) is 6.07 Å². The molecular formula is C13H13N3O3S. The van der Waals surface area contributed by atoms with E-state index in [-0.39, 0.29) is 16.6 Å². The molecule has 0 radical (unpaired) electrons. The van der Waals surface area contributed by atoms with E-state index in [0.717, 1.165) is 6.26 Å². The largest absolute Gasteiger partial charge is 0.439 e. The topological polar surface area (TPSA) is 106 Å². The lowest BCUT2D eigenvalue weighted by molar-refractivity contribution is 0.461. The maximum atomic E-state index is 11.5. The van der Waals surface area contributed by atoms with Gasteiger partial charge in [0.25, 0.3) is 0 Å². The third-order valence-electron chi connectivity index (χ3n) is 2.50. The summed E-state index contributed by atoms with van der Waals surface area (Å²) in [7, 11) is -3.29. The van der Waals surface area contributed by atoms with Gasteiger partial charge >= 0.3 is 0 Å². The third kappa shape index (κ3) is 3.33. The van der Waals surface area contributed by atoms with Crippen molar-refractivity contribution in [3.8, 4) is 11.6 Å². The van der Waals surface area contributed by atoms with Gasteiger partial charge in [-0.05, 0) is 24.3 Å². The molecular weight excluding hydrogens is 278 g/mol. The Morgan fingerprint density at radius 1 is 1.30 bits per heavy atom. The number of benzene rings is 1. The molecule has 20 heavy (non-hydrogen) atoms. The number of hydrogen-bond donors (Lipinski definition) is 2. The Morgan fingerprint density at radius 3 is 2.70 bits per heavy atom. The summed E-state index contributed by atoms with van der Waals surface area (Å²) in [5.41, 5.74) is 5.86. The highest BCUT2D eigenvalue weighted by Crippen LogP contribution is 2.22. The second kappa shape index (κ2) is 5.30. The fraction of sp³-hybridized carbons (Fsp3) is 0.0769. The third-order valence-corrected chi connectivity index (χ3v) is 3.61. The van der Waals surface area contributed by atoms with E-state index in [4.69, 9.17) is 15.9 Å². The van der Waals surface area contributed by atoms with Crippen LogP contribution in [0.15, 0.2) is 47.5 Å². The molecule has 0 unspecified atom stereocenters. The Morgan fingerprint density at radius 2 is 2.05 bits per heavy atom. The zero-order valence-electron chi connectivity index (χ0n) is 10.7. The van der Waals surface area contributed by atoms with Gasteiger partial charge in [-0.2, -0.15) is 0 Å².